The molecule has 2 amide bonds. The van der Waals surface area contributed by atoms with Crippen molar-refractivity contribution in [1.29, 1.82) is 0 Å². The summed E-state index contributed by atoms with van der Waals surface area (Å²) in [6.07, 6.45) is -1.50. The van der Waals surface area contributed by atoms with E-state index in [1.807, 2.05) is 0 Å². The zero-order valence-corrected chi connectivity index (χ0v) is 24.5. The number of nitrogens with zero attached hydrogens (tertiary/aromatic N) is 1. The minimum atomic E-state index is -2.81. The summed E-state index contributed by atoms with van der Waals surface area (Å²) in [5.41, 5.74) is 1.38. The maximum Gasteiger partial charge on any atom is 0.408 e. The first-order valence-corrected chi connectivity index (χ1v) is 14.0. The largest absolute Gasteiger partial charge is 0.459 e. The number of benzene rings is 3. The third kappa shape index (κ3) is 6.96. The van der Waals surface area contributed by atoms with E-state index in [0.717, 1.165) is 6.07 Å². The van der Waals surface area contributed by atoms with E-state index in [9.17, 15) is 22.8 Å². The molecule has 4 aromatic rings. The Kier molecular flexibility index (Phi) is 8.17. The lowest BCUT2D eigenvalue weighted by Crippen LogP contribution is -2.42. The molecule has 1 saturated heterocycles. The number of piperidine rings is 1. The summed E-state index contributed by atoms with van der Waals surface area (Å²) >= 11 is 6.06. The van der Waals surface area contributed by atoms with E-state index in [-0.39, 0.29) is 35.8 Å². The van der Waals surface area contributed by atoms with Gasteiger partial charge in [-0.15, -0.1) is 0 Å². The Balaban J connectivity index is 1.50. The topological polar surface area (TPSA) is 71.8 Å². The molecular weight excluding hydrogens is 588 g/mol. The Bertz CT molecular complexity index is 1700. The van der Waals surface area contributed by atoms with Crippen LogP contribution in [0.2, 0.25) is 5.02 Å². The highest BCUT2D eigenvalue weighted by atomic mass is 35.5. The molecule has 1 aliphatic rings. The number of furan rings is 1. The zero-order chi connectivity index (χ0) is 31.1. The van der Waals surface area contributed by atoms with Gasteiger partial charge in [-0.25, -0.2) is 22.4 Å². The predicted molar refractivity (Wildman–Crippen MR) is 155 cm³/mol. The van der Waals surface area contributed by atoms with Gasteiger partial charge in [0.2, 0.25) is 0 Å². The van der Waals surface area contributed by atoms with Crippen LogP contribution in [0, 0.1) is 11.6 Å². The van der Waals surface area contributed by atoms with Crippen LogP contribution in [0.3, 0.4) is 0 Å². The number of amides is 2. The van der Waals surface area contributed by atoms with Gasteiger partial charge in [0.15, 0.2) is 0 Å². The highest BCUT2D eigenvalue weighted by molar-refractivity contribution is 6.31. The Hall–Kier alpha value is -4.05. The maximum atomic E-state index is 15.5. The number of hydrogen-bond donors (Lipinski definition) is 1. The first-order chi connectivity index (χ1) is 20.2. The number of alkyl halides is 2. The summed E-state index contributed by atoms with van der Waals surface area (Å²) in [6, 6.07) is 13.2. The molecule has 1 fully saturated rings. The Labute approximate surface area is 250 Å². The Morgan fingerprint density at radius 3 is 2.33 bits per heavy atom. The van der Waals surface area contributed by atoms with E-state index in [0.29, 0.717) is 33.4 Å². The maximum absolute atomic E-state index is 15.5. The molecule has 3 aromatic carbocycles. The van der Waals surface area contributed by atoms with Crippen LogP contribution in [0.5, 0.6) is 0 Å². The summed E-state index contributed by atoms with van der Waals surface area (Å²) in [5.74, 6) is -4.24. The first-order valence-electron chi connectivity index (χ1n) is 13.6. The molecule has 226 valence electrons. The fraction of sp³-hybridized carbons (Fsp3) is 0.312. The molecule has 0 spiro atoms. The van der Waals surface area contributed by atoms with Crippen molar-refractivity contribution in [1.82, 2.24) is 10.2 Å². The lowest BCUT2D eigenvalue weighted by molar-refractivity contribution is -0.0494. The molecule has 0 aliphatic carbocycles. The molecule has 6 nitrogen and oxygen atoms in total. The number of likely N-dealkylation sites (tertiary alicyclic amines) is 1. The molecule has 1 aliphatic heterocycles. The van der Waals surface area contributed by atoms with Crippen molar-refractivity contribution in [2.75, 3.05) is 13.1 Å². The van der Waals surface area contributed by atoms with Crippen molar-refractivity contribution < 1.29 is 36.3 Å². The molecule has 0 atom stereocenters. The van der Waals surface area contributed by atoms with Crippen LogP contribution in [-0.4, -0.2) is 41.5 Å². The normalized spacial score (nSPS) is 15.0. The predicted octanol–water partition coefficient (Wildman–Crippen LogP) is 8.59. The third-order valence-corrected chi connectivity index (χ3v) is 7.30. The minimum Gasteiger partial charge on any atom is -0.459 e. The summed E-state index contributed by atoms with van der Waals surface area (Å²) in [5, 5.41) is 3.09. The van der Waals surface area contributed by atoms with Crippen molar-refractivity contribution in [3.63, 3.8) is 0 Å². The molecule has 1 aromatic heterocycles. The lowest BCUT2D eigenvalue weighted by Gasteiger charge is -2.31. The van der Waals surface area contributed by atoms with Gasteiger partial charge in [0, 0.05) is 48.0 Å². The smallest absolute Gasteiger partial charge is 0.408 e. The van der Waals surface area contributed by atoms with Crippen LogP contribution in [0.25, 0.3) is 33.2 Å². The van der Waals surface area contributed by atoms with Crippen LogP contribution in [0.15, 0.2) is 59.0 Å². The molecule has 0 bridgehead atoms. The number of carbonyl (C=O) groups excluding carboxylic acids is 2. The average molecular weight is 617 g/mol. The summed E-state index contributed by atoms with van der Waals surface area (Å²) < 4.78 is 67.9. The molecule has 5 rings (SSSR count). The highest BCUT2D eigenvalue weighted by Crippen LogP contribution is 2.38. The fourth-order valence-corrected chi connectivity index (χ4v) is 5.08. The van der Waals surface area contributed by atoms with Crippen LogP contribution < -0.4 is 5.32 Å². The molecule has 43 heavy (non-hydrogen) atoms. The van der Waals surface area contributed by atoms with Crippen LogP contribution >= 0.6 is 11.6 Å². The quantitative estimate of drug-likeness (QED) is 0.228. The van der Waals surface area contributed by atoms with Gasteiger partial charge < -0.3 is 19.4 Å². The Morgan fingerprint density at radius 2 is 1.67 bits per heavy atom. The second kappa shape index (κ2) is 11.6. The number of ether oxygens (including phenoxy) is 1. The molecule has 0 saturated carbocycles. The van der Waals surface area contributed by atoms with Gasteiger partial charge in [-0.1, -0.05) is 23.7 Å². The third-order valence-electron chi connectivity index (χ3n) is 7.01. The second-order valence-corrected chi connectivity index (χ2v) is 11.9. The average Bonchev–Trinajstić information content (AvgIpc) is 3.35. The van der Waals surface area contributed by atoms with E-state index in [2.05, 4.69) is 5.32 Å². The molecule has 0 radical (unpaired) electrons. The van der Waals surface area contributed by atoms with E-state index in [1.54, 1.807) is 39.0 Å². The van der Waals surface area contributed by atoms with Gasteiger partial charge in [-0.05, 0) is 74.4 Å². The molecule has 0 unspecified atom stereocenters. The number of halogens is 5. The van der Waals surface area contributed by atoms with E-state index in [4.69, 9.17) is 20.8 Å². The second-order valence-electron chi connectivity index (χ2n) is 11.5. The number of carbonyl (C=O) groups is 2. The van der Waals surface area contributed by atoms with E-state index in [1.165, 1.54) is 35.2 Å². The van der Waals surface area contributed by atoms with Crippen molar-refractivity contribution in [3.8, 4) is 22.3 Å². The standard InChI is InChI=1S/C32H29ClF4N2O4/c1-31(2,3)43-30(41)38-17-22-13-21-12-20(14-24(28(21)42-22)18-5-7-26(34)25(33)15-18)23-6-4-19(16-27(23)35)29(40)39-10-8-32(36,37)9-11-39/h4-7,12-16H,8-11,17H2,1-3H3,(H,38,41). The minimum absolute atomic E-state index is 0.0101. The number of hydrogen-bond acceptors (Lipinski definition) is 4. The van der Waals surface area contributed by atoms with Crippen molar-refractivity contribution in [2.45, 2.75) is 51.7 Å². The molecular formula is C32H29ClF4N2O4. The van der Waals surface area contributed by atoms with Gasteiger partial charge >= 0.3 is 6.09 Å². The fourth-order valence-electron chi connectivity index (χ4n) is 4.90. The molecule has 2 heterocycles. The summed E-state index contributed by atoms with van der Waals surface area (Å²) in [4.78, 5) is 26.4. The van der Waals surface area contributed by atoms with Gasteiger partial charge in [-0.2, -0.15) is 0 Å². The molecule has 11 heteroatoms. The van der Waals surface area contributed by atoms with Crippen LogP contribution in [0.1, 0.15) is 49.7 Å². The number of rotatable bonds is 5. The van der Waals surface area contributed by atoms with Crippen molar-refractivity contribution in [3.05, 3.63) is 82.6 Å². The van der Waals surface area contributed by atoms with E-state index < -0.39 is 48.0 Å². The van der Waals surface area contributed by atoms with Gasteiger partial charge in [0.05, 0.1) is 11.6 Å². The molecule has 1 N–H and O–H groups in total. The number of alkyl carbamates (subject to hydrolysis) is 1. The number of fused-ring (bicyclic) bond motifs is 1. The zero-order valence-electron chi connectivity index (χ0n) is 23.7. The highest BCUT2D eigenvalue weighted by Gasteiger charge is 2.36. The Morgan fingerprint density at radius 1 is 0.953 bits per heavy atom. The van der Waals surface area contributed by atoms with Crippen molar-refractivity contribution >= 4 is 34.6 Å². The van der Waals surface area contributed by atoms with E-state index >= 15 is 4.39 Å². The lowest BCUT2D eigenvalue weighted by atomic mass is 9.95. The monoisotopic (exact) mass is 616 g/mol. The van der Waals surface area contributed by atoms with Gasteiger partial charge in [-0.3, -0.25) is 4.79 Å². The van der Waals surface area contributed by atoms with Crippen molar-refractivity contribution in [2.24, 2.45) is 0 Å². The van der Waals surface area contributed by atoms with Crippen LogP contribution in [-0.2, 0) is 11.3 Å². The summed E-state index contributed by atoms with van der Waals surface area (Å²) in [6.45, 7) is 5.02. The van der Waals surface area contributed by atoms with Gasteiger partial charge in [0.25, 0.3) is 11.8 Å². The summed E-state index contributed by atoms with van der Waals surface area (Å²) in [7, 11) is 0. The first kappa shape index (κ1) is 30.4. The van der Waals surface area contributed by atoms with Crippen LogP contribution in [0.4, 0.5) is 22.4 Å². The number of nitrogens with one attached hydrogen (secondary N) is 1. The van der Waals surface area contributed by atoms with Gasteiger partial charge in [0.1, 0.15) is 28.6 Å². The SMILES string of the molecule is CC(C)(C)OC(=O)NCc1cc2cc(-c3ccc(C(=O)N4CCC(F)(F)CC4)cc3F)cc(-c3ccc(F)c(Cl)c3)c2o1.